The van der Waals surface area contributed by atoms with E-state index in [4.69, 9.17) is 5.10 Å². The Kier molecular flexibility index (Phi) is 5.22. The summed E-state index contributed by atoms with van der Waals surface area (Å²) in [7, 11) is 0. The molecule has 3 heterocycles. The molecular formula is C19H14Br2N2S2. The molecule has 0 fully saturated rings. The van der Waals surface area contributed by atoms with Crippen LogP contribution in [0.4, 0.5) is 5.69 Å². The predicted octanol–water partition coefficient (Wildman–Crippen LogP) is 7.36. The van der Waals surface area contributed by atoms with Crippen molar-refractivity contribution in [2.45, 2.75) is 12.5 Å². The van der Waals surface area contributed by atoms with Crippen LogP contribution in [0.2, 0.25) is 0 Å². The minimum Gasteiger partial charge on any atom is -0.255 e. The molecule has 0 spiro atoms. The van der Waals surface area contributed by atoms with Crippen LogP contribution in [0.25, 0.3) is 6.08 Å². The lowest BCUT2D eigenvalue weighted by Crippen LogP contribution is -2.17. The van der Waals surface area contributed by atoms with Crippen LogP contribution in [0.5, 0.6) is 0 Å². The summed E-state index contributed by atoms with van der Waals surface area (Å²) in [4.78, 5) is 2.58. The van der Waals surface area contributed by atoms with Gasteiger partial charge in [0.1, 0.15) is 0 Å². The van der Waals surface area contributed by atoms with Gasteiger partial charge in [-0.15, -0.1) is 22.7 Å². The Morgan fingerprint density at radius 1 is 1.04 bits per heavy atom. The monoisotopic (exact) mass is 492 g/mol. The highest BCUT2D eigenvalue weighted by molar-refractivity contribution is 9.11. The quantitative estimate of drug-likeness (QED) is 0.370. The lowest BCUT2D eigenvalue weighted by Gasteiger charge is -2.23. The highest BCUT2D eigenvalue weighted by Crippen LogP contribution is 2.41. The van der Waals surface area contributed by atoms with Gasteiger partial charge in [-0.3, -0.25) is 5.01 Å². The maximum Gasteiger partial charge on any atom is 0.0923 e. The first-order valence-electron chi connectivity index (χ1n) is 7.77. The molecule has 1 aliphatic heterocycles. The normalized spacial score (nSPS) is 17.4. The summed E-state index contributed by atoms with van der Waals surface area (Å²) in [5, 5.41) is 11.3. The molecule has 3 aromatic rings. The lowest BCUT2D eigenvalue weighted by atomic mass is 10.1. The molecular weight excluding hydrogens is 480 g/mol. The standard InChI is InChI=1S/C19H14Br2N2S2/c20-13-5-8-17(16(21)11-13)23-18(19-4-2-10-25-19)12-14(22-23)6-7-15-3-1-9-24-15/h1-11,18H,12H2. The van der Waals surface area contributed by atoms with Gasteiger partial charge in [0, 0.05) is 25.1 Å². The van der Waals surface area contributed by atoms with Crippen LogP contribution in [0.15, 0.2) is 73.3 Å². The third-order valence-electron chi connectivity index (χ3n) is 3.95. The van der Waals surface area contributed by atoms with E-state index in [0.717, 1.165) is 26.8 Å². The van der Waals surface area contributed by atoms with E-state index in [0.29, 0.717) is 0 Å². The van der Waals surface area contributed by atoms with Crippen molar-refractivity contribution in [3.05, 3.63) is 78.0 Å². The van der Waals surface area contributed by atoms with Gasteiger partial charge in [0.25, 0.3) is 0 Å². The third kappa shape index (κ3) is 3.82. The fraction of sp³-hybridized carbons (Fsp3) is 0.105. The maximum absolute atomic E-state index is 4.91. The first-order chi connectivity index (χ1) is 12.2. The first-order valence-corrected chi connectivity index (χ1v) is 11.1. The zero-order chi connectivity index (χ0) is 17.2. The van der Waals surface area contributed by atoms with Crippen molar-refractivity contribution in [3.63, 3.8) is 0 Å². The van der Waals surface area contributed by atoms with Crippen molar-refractivity contribution in [3.8, 4) is 0 Å². The summed E-state index contributed by atoms with van der Waals surface area (Å²) < 4.78 is 2.09. The highest BCUT2D eigenvalue weighted by atomic mass is 79.9. The SMILES string of the molecule is Brc1ccc(N2N=C(C=Cc3cccs3)CC2c2cccs2)c(Br)c1. The minimum absolute atomic E-state index is 0.237. The van der Waals surface area contributed by atoms with E-state index in [-0.39, 0.29) is 6.04 Å². The van der Waals surface area contributed by atoms with Gasteiger partial charge in [-0.1, -0.05) is 28.1 Å². The second-order valence-electron chi connectivity index (χ2n) is 5.62. The molecule has 0 amide bonds. The van der Waals surface area contributed by atoms with Gasteiger partial charge in [0.2, 0.25) is 0 Å². The van der Waals surface area contributed by atoms with Crippen LogP contribution < -0.4 is 5.01 Å². The Labute approximate surface area is 171 Å². The number of rotatable bonds is 4. The van der Waals surface area contributed by atoms with Gasteiger partial charge in [0.15, 0.2) is 0 Å². The number of hydrogen-bond donors (Lipinski definition) is 0. The number of hydrogen-bond acceptors (Lipinski definition) is 4. The van der Waals surface area contributed by atoms with Crippen molar-refractivity contribution in [2.75, 3.05) is 5.01 Å². The second-order valence-corrected chi connectivity index (χ2v) is 9.34. The summed E-state index contributed by atoms with van der Waals surface area (Å²) in [5.74, 6) is 0. The molecule has 1 aliphatic rings. The van der Waals surface area contributed by atoms with E-state index < -0.39 is 0 Å². The van der Waals surface area contributed by atoms with Gasteiger partial charge in [0.05, 0.1) is 17.4 Å². The van der Waals surface area contributed by atoms with Crippen molar-refractivity contribution in [2.24, 2.45) is 5.10 Å². The summed E-state index contributed by atoms with van der Waals surface area (Å²) in [5.41, 5.74) is 2.18. The Balaban J connectivity index is 1.68. The Hall–Kier alpha value is -1.21. The maximum atomic E-state index is 4.91. The smallest absolute Gasteiger partial charge is 0.0923 e. The molecule has 126 valence electrons. The molecule has 0 saturated heterocycles. The topological polar surface area (TPSA) is 15.6 Å². The van der Waals surface area contributed by atoms with Crippen molar-refractivity contribution >= 4 is 72.0 Å². The molecule has 25 heavy (non-hydrogen) atoms. The molecule has 0 aliphatic carbocycles. The fourth-order valence-corrected chi connectivity index (χ4v) is 5.45. The van der Waals surface area contributed by atoms with E-state index in [2.05, 4.69) is 102 Å². The largest absolute Gasteiger partial charge is 0.255 e. The van der Waals surface area contributed by atoms with Crippen LogP contribution >= 0.6 is 54.5 Å². The molecule has 0 saturated carbocycles. The number of halogens is 2. The van der Waals surface area contributed by atoms with Crippen LogP contribution in [0.1, 0.15) is 22.2 Å². The summed E-state index contributed by atoms with van der Waals surface area (Å²) in [6.07, 6.45) is 5.19. The average Bonchev–Trinajstić information content (AvgIpc) is 3.34. The van der Waals surface area contributed by atoms with Crippen LogP contribution in [-0.4, -0.2) is 5.71 Å². The Morgan fingerprint density at radius 3 is 2.60 bits per heavy atom. The zero-order valence-corrected chi connectivity index (χ0v) is 17.9. The van der Waals surface area contributed by atoms with Crippen molar-refractivity contribution < 1.29 is 0 Å². The molecule has 1 aromatic carbocycles. The number of nitrogens with zero attached hydrogens (tertiary/aromatic N) is 2. The summed E-state index contributed by atoms with van der Waals surface area (Å²) in [6.45, 7) is 0. The van der Waals surface area contributed by atoms with Crippen molar-refractivity contribution in [1.29, 1.82) is 0 Å². The van der Waals surface area contributed by atoms with Crippen LogP contribution in [-0.2, 0) is 0 Å². The van der Waals surface area contributed by atoms with E-state index in [1.54, 1.807) is 22.7 Å². The lowest BCUT2D eigenvalue weighted by molar-refractivity contribution is 0.720. The minimum atomic E-state index is 0.237. The van der Waals surface area contributed by atoms with E-state index in [1.165, 1.54) is 9.75 Å². The average molecular weight is 494 g/mol. The fourth-order valence-electron chi connectivity index (χ4n) is 2.79. The zero-order valence-electron chi connectivity index (χ0n) is 13.1. The molecule has 2 nitrogen and oxygen atoms in total. The number of anilines is 1. The Morgan fingerprint density at radius 2 is 1.88 bits per heavy atom. The third-order valence-corrected chi connectivity index (χ3v) is 6.88. The second kappa shape index (κ2) is 7.58. The molecule has 0 radical (unpaired) electrons. The Bertz CT molecular complexity index is 915. The van der Waals surface area contributed by atoms with Crippen LogP contribution in [0, 0.1) is 0 Å². The molecule has 6 heteroatoms. The highest BCUT2D eigenvalue weighted by Gasteiger charge is 2.30. The molecule has 0 bridgehead atoms. The number of thiophene rings is 2. The summed E-state index contributed by atoms with van der Waals surface area (Å²) in [6, 6.07) is 14.9. The van der Waals surface area contributed by atoms with Gasteiger partial charge in [-0.25, -0.2) is 0 Å². The first kappa shape index (κ1) is 17.2. The van der Waals surface area contributed by atoms with E-state index in [1.807, 2.05) is 0 Å². The summed E-state index contributed by atoms with van der Waals surface area (Å²) >= 11 is 10.7. The molecule has 4 rings (SSSR count). The van der Waals surface area contributed by atoms with E-state index >= 15 is 0 Å². The number of benzene rings is 1. The molecule has 0 N–H and O–H groups in total. The van der Waals surface area contributed by atoms with E-state index in [9.17, 15) is 0 Å². The van der Waals surface area contributed by atoms with Gasteiger partial charge in [-0.05, 0) is 69.2 Å². The molecule has 1 atom stereocenters. The van der Waals surface area contributed by atoms with Gasteiger partial charge < -0.3 is 0 Å². The predicted molar refractivity (Wildman–Crippen MR) is 117 cm³/mol. The molecule has 2 aromatic heterocycles. The molecule has 1 unspecified atom stereocenters. The van der Waals surface area contributed by atoms with Gasteiger partial charge in [-0.2, -0.15) is 5.10 Å². The van der Waals surface area contributed by atoms with Crippen LogP contribution in [0.3, 0.4) is 0 Å². The van der Waals surface area contributed by atoms with Gasteiger partial charge >= 0.3 is 0 Å². The number of allylic oxidation sites excluding steroid dienone is 1. The van der Waals surface area contributed by atoms with Crippen molar-refractivity contribution in [1.82, 2.24) is 0 Å². The number of hydrazone groups is 1.